The van der Waals surface area contributed by atoms with E-state index >= 15 is 0 Å². The minimum absolute atomic E-state index is 0.00462. The quantitative estimate of drug-likeness (QED) is 0.768. The van der Waals surface area contributed by atoms with Crippen LogP contribution in [-0.4, -0.2) is 60.7 Å². The summed E-state index contributed by atoms with van der Waals surface area (Å²) in [6.45, 7) is 1.97. The molecule has 3 rings (SSSR count). The summed E-state index contributed by atoms with van der Waals surface area (Å²) >= 11 is 7.34. The molecule has 0 aliphatic carbocycles. The van der Waals surface area contributed by atoms with E-state index < -0.39 is 10.0 Å². The van der Waals surface area contributed by atoms with Gasteiger partial charge < -0.3 is 10.2 Å². The van der Waals surface area contributed by atoms with Crippen LogP contribution >= 0.6 is 23.4 Å². The van der Waals surface area contributed by atoms with Crippen LogP contribution in [0.15, 0.2) is 23.1 Å². The van der Waals surface area contributed by atoms with E-state index in [0.29, 0.717) is 31.9 Å². The van der Waals surface area contributed by atoms with Gasteiger partial charge in [0.25, 0.3) is 5.24 Å². The van der Waals surface area contributed by atoms with Gasteiger partial charge in [-0.15, -0.1) is 0 Å². The first kappa shape index (κ1) is 19.5. The van der Waals surface area contributed by atoms with Crippen LogP contribution in [0.25, 0.3) is 0 Å². The lowest BCUT2D eigenvalue weighted by atomic mass is 10.3. The molecule has 2 fully saturated rings. The molecular weight excluding hydrogens is 398 g/mol. The van der Waals surface area contributed by atoms with E-state index in [2.05, 4.69) is 5.32 Å². The van der Waals surface area contributed by atoms with Crippen molar-refractivity contribution < 1.29 is 18.0 Å². The van der Waals surface area contributed by atoms with Crippen LogP contribution in [0.4, 0.5) is 10.5 Å². The van der Waals surface area contributed by atoms with Gasteiger partial charge in [0.2, 0.25) is 15.9 Å². The Labute approximate surface area is 162 Å². The van der Waals surface area contributed by atoms with Crippen molar-refractivity contribution in [3.8, 4) is 0 Å². The van der Waals surface area contributed by atoms with Gasteiger partial charge in [-0.1, -0.05) is 23.4 Å². The lowest BCUT2D eigenvalue weighted by Crippen LogP contribution is -2.28. The number of benzene rings is 1. The second-order valence-electron chi connectivity index (χ2n) is 6.16. The molecule has 2 heterocycles. The van der Waals surface area contributed by atoms with E-state index in [4.69, 9.17) is 11.6 Å². The largest absolute Gasteiger partial charge is 0.332 e. The van der Waals surface area contributed by atoms with E-state index in [-0.39, 0.29) is 27.5 Å². The molecule has 0 radical (unpaired) electrons. The van der Waals surface area contributed by atoms with Crippen molar-refractivity contribution in [2.75, 3.05) is 37.2 Å². The number of thioether (sulfide) groups is 1. The Morgan fingerprint density at radius 2 is 1.96 bits per heavy atom. The van der Waals surface area contributed by atoms with Crippen molar-refractivity contribution in [3.63, 3.8) is 0 Å². The summed E-state index contributed by atoms with van der Waals surface area (Å²) in [5, 5.41) is 2.81. The molecule has 26 heavy (non-hydrogen) atoms. The maximum absolute atomic E-state index is 12.7. The summed E-state index contributed by atoms with van der Waals surface area (Å²) in [6.07, 6.45) is 1.82. The first-order valence-corrected chi connectivity index (χ1v) is 11.2. The van der Waals surface area contributed by atoms with Gasteiger partial charge in [0, 0.05) is 44.0 Å². The molecular formula is C16H20ClN3O4S2. The average Bonchev–Trinajstić information content (AvgIpc) is 3.26. The molecule has 10 heteroatoms. The van der Waals surface area contributed by atoms with E-state index in [9.17, 15) is 18.0 Å². The second kappa shape index (κ2) is 8.16. The molecule has 2 saturated heterocycles. The zero-order chi connectivity index (χ0) is 18.7. The zero-order valence-electron chi connectivity index (χ0n) is 14.1. The SMILES string of the molecule is O=C(CCN1CCSC1=O)Nc1ccc(Cl)c(S(=O)(=O)N2CCCC2)c1. The molecule has 7 nitrogen and oxygen atoms in total. The van der Waals surface area contributed by atoms with Crippen LogP contribution in [-0.2, 0) is 14.8 Å². The highest BCUT2D eigenvalue weighted by Crippen LogP contribution is 2.29. The zero-order valence-corrected chi connectivity index (χ0v) is 16.5. The Kier molecular flexibility index (Phi) is 6.11. The standard InChI is InChI=1S/C16H20ClN3O4S2/c17-13-4-3-12(11-14(13)26(23,24)20-6-1-2-7-20)18-15(21)5-8-19-9-10-25-16(19)22/h3-4,11H,1-2,5-10H2,(H,18,21). The van der Waals surface area contributed by atoms with Crippen LogP contribution in [0.5, 0.6) is 0 Å². The molecule has 1 N–H and O–H groups in total. The number of carbonyl (C=O) groups is 2. The second-order valence-corrected chi connectivity index (χ2v) is 9.52. The highest BCUT2D eigenvalue weighted by molar-refractivity contribution is 8.13. The molecule has 0 saturated carbocycles. The lowest BCUT2D eigenvalue weighted by molar-refractivity contribution is -0.116. The predicted molar refractivity (Wildman–Crippen MR) is 102 cm³/mol. The normalized spacial score (nSPS) is 18.5. The van der Waals surface area contributed by atoms with Crippen molar-refractivity contribution in [1.82, 2.24) is 9.21 Å². The topological polar surface area (TPSA) is 86.8 Å². The van der Waals surface area contributed by atoms with Gasteiger partial charge >= 0.3 is 0 Å². The molecule has 0 unspecified atom stereocenters. The van der Waals surface area contributed by atoms with E-state index in [1.54, 1.807) is 11.0 Å². The summed E-state index contributed by atoms with van der Waals surface area (Å²) in [4.78, 5) is 25.3. The van der Waals surface area contributed by atoms with Gasteiger partial charge in [0.05, 0.1) is 5.02 Å². The van der Waals surface area contributed by atoms with E-state index in [1.165, 1.54) is 28.2 Å². The van der Waals surface area contributed by atoms with Gasteiger partial charge in [0.15, 0.2) is 0 Å². The van der Waals surface area contributed by atoms with Crippen LogP contribution in [0.3, 0.4) is 0 Å². The summed E-state index contributed by atoms with van der Waals surface area (Å²) in [7, 11) is -3.67. The molecule has 2 aliphatic heterocycles. The van der Waals surface area contributed by atoms with Crippen molar-refractivity contribution in [3.05, 3.63) is 23.2 Å². The van der Waals surface area contributed by atoms with Crippen molar-refractivity contribution in [2.45, 2.75) is 24.2 Å². The maximum atomic E-state index is 12.7. The molecule has 0 bridgehead atoms. The average molecular weight is 418 g/mol. The number of hydrogen-bond donors (Lipinski definition) is 1. The first-order valence-electron chi connectivity index (χ1n) is 8.39. The minimum Gasteiger partial charge on any atom is -0.332 e. The van der Waals surface area contributed by atoms with Crippen LogP contribution in [0.2, 0.25) is 5.02 Å². The minimum atomic E-state index is -3.67. The molecule has 0 atom stereocenters. The highest BCUT2D eigenvalue weighted by atomic mass is 35.5. The summed E-state index contributed by atoms with van der Waals surface area (Å²) in [5.74, 6) is 0.469. The number of rotatable bonds is 6. The van der Waals surface area contributed by atoms with Crippen LogP contribution in [0, 0.1) is 0 Å². The van der Waals surface area contributed by atoms with Crippen molar-refractivity contribution in [1.29, 1.82) is 0 Å². The maximum Gasteiger partial charge on any atom is 0.281 e. The fourth-order valence-corrected chi connectivity index (χ4v) is 5.80. The number of sulfonamides is 1. The predicted octanol–water partition coefficient (Wildman–Crippen LogP) is 2.62. The third kappa shape index (κ3) is 4.33. The Bertz CT molecular complexity index is 810. The number of halogens is 1. The van der Waals surface area contributed by atoms with E-state index in [1.807, 2.05) is 0 Å². The summed E-state index contributed by atoms with van der Waals surface area (Å²) in [5.41, 5.74) is 0.374. The third-order valence-corrected chi connectivity index (χ3v) is 7.62. The van der Waals surface area contributed by atoms with Gasteiger partial charge in [-0.2, -0.15) is 4.31 Å². The van der Waals surface area contributed by atoms with Gasteiger partial charge in [-0.3, -0.25) is 9.59 Å². The van der Waals surface area contributed by atoms with Crippen molar-refractivity contribution in [2.24, 2.45) is 0 Å². The smallest absolute Gasteiger partial charge is 0.281 e. The Morgan fingerprint density at radius 3 is 2.62 bits per heavy atom. The molecule has 2 amide bonds. The van der Waals surface area contributed by atoms with Gasteiger partial charge in [-0.05, 0) is 31.0 Å². The van der Waals surface area contributed by atoms with E-state index in [0.717, 1.165) is 18.6 Å². The number of anilines is 1. The fourth-order valence-electron chi connectivity index (χ4n) is 2.94. The number of carbonyl (C=O) groups excluding carboxylic acids is 2. The molecule has 0 aromatic heterocycles. The van der Waals surface area contributed by atoms with Crippen LogP contribution < -0.4 is 5.32 Å². The number of hydrogen-bond acceptors (Lipinski definition) is 5. The number of nitrogens with zero attached hydrogens (tertiary/aromatic N) is 2. The number of amides is 2. The monoisotopic (exact) mass is 417 g/mol. The summed E-state index contributed by atoms with van der Waals surface area (Å²) in [6, 6.07) is 4.44. The van der Waals surface area contributed by atoms with Gasteiger partial charge in [-0.25, -0.2) is 8.42 Å². The Balaban J connectivity index is 1.67. The Hall–Kier alpha value is -1.29. The first-order chi connectivity index (χ1) is 12.4. The molecule has 1 aromatic carbocycles. The molecule has 1 aromatic rings. The lowest BCUT2D eigenvalue weighted by Gasteiger charge is -2.17. The fraction of sp³-hybridized carbons (Fsp3) is 0.500. The van der Waals surface area contributed by atoms with Gasteiger partial charge in [0.1, 0.15) is 4.90 Å². The molecule has 2 aliphatic rings. The third-order valence-electron chi connectivity index (χ3n) is 4.35. The highest BCUT2D eigenvalue weighted by Gasteiger charge is 2.29. The summed E-state index contributed by atoms with van der Waals surface area (Å²) < 4.78 is 26.8. The molecule has 142 valence electrons. The Morgan fingerprint density at radius 1 is 1.23 bits per heavy atom. The van der Waals surface area contributed by atoms with Crippen molar-refractivity contribution >= 4 is 50.2 Å². The number of nitrogens with one attached hydrogen (secondary N) is 1. The van der Waals surface area contributed by atoms with Crippen LogP contribution in [0.1, 0.15) is 19.3 Å². The molecule has 0 spiro atoms.